The zero-order valence-electron chi connectivity index (χ0n) is 10.0. The second-order valence-electron chi connectivity index (χ2n) is 4.51. The van der Waals surface area contributed by atoms with Crippen molar-refractivity contribution in [2.75, 3.05) is 0 Å². The van der Waals surface area contributed by atoms with Gasteiger partial charge in [-0.05, 0) is 24.5 Å². The summed E-state index contributed by atoms with van der Waals surface area (Å²) >= 11 is 0. The van der Waals surface area contributed by atoms with Gasteiger partial charge >= 0.3 is 5.97 Å². The molecule has 0 amide bonds. The first-order valence-corrected chi connectivity index (χ1v) is 7.37. The van der Waals surface area contributed by atoms with Gasteiger partial charge in [0.25, 0.3) is 0 Å². The van der Waals surface area contributed by atoms with Crippen molar-refractivity contribution in [3.63, 3.8) is 0 Å². The van der Waals surface area contributed by atoms with Gasteiger partial charge in [0, 0.05) is 19.0 Å². The molecule has 1 aromatic rings. The van der Waals surface area contributed by atoms with Crippen molar-refractivity contribution >= 4 is 21.6 Å². The summed E-state index contributed by atoms with van der Waals surface area (Å²) in [6.07, 6.45) is 1.84. The van der Waals surface area contributed by atoms with Crippen LogP contribution >= 0.6 is 0 Å². The van der Waals surface area contributed by atoms with E-state index in [4.69, 9.17) is 0 Å². The van der Waals surface area contributed by atoms with E-state index in [0.29, 0.717) is 6.42 Å². The summed E-state index contributed by atoms with van der Waals surface area (Å²) < 4.78 is 24.6. The number of carboxylic acid groups (broad SMARTS) is 1. The summed E-state index contributed by atoms with van der Waals surface area (Å²) in [5, 5.41) is 7.33. The van der Waals surface area contributed by atoms with E-state index in [0.717, 1.165) is 0 Å². The molecule has 2 atom stereocenters. The Morgan fingerprint density at radius 1 is 1.42 bits per heavy atom. The number of Topliss-reactive ketones (excluding diaryl/α,β-unsaturated/α-hetero) is 1. The average molecular weight is 283 g/mol. The molecular formula is C12H13NO5S. The minimum absolute atomic E-state index is 0.00301. The second kappa shape index (κ2) is 5.08. The number of aliphatic carboxylic acids is 1. The highest BCUT2D eigenvalue weighted by atomic mass is 32.2. The average Bonchev–Trinajstić information content (AvgIpc) is 2.76. The standard InChI is InChI=1S/C12H13NO5S/c14-9-5-4-8(7-9)11(12(15)16)19(17,18)10-3-1-2-6-13-10/h1-3,6,8,11H,4-5,7H2,(H,15,16). The third-order valence-corrected chi connectivity index (χ3v) is 5.30. The van der Waals surface area contributed by atoms with E-state index in [2.05, 4.69) is 4.98 Å². The molecule has 2 rings (SSSR count). The van der Waals surface area contributed by atoms with Gasteiger partial charge in [0.15, 0.2) is 10.3 Å². The number of hydrogen-bond acceptors (Lipinski definition) is 5. The van der Waals surface area contributed by atoms with Gasteiger partial charge in [0.1, 0.15) is 5.78 Å². The number of rotatable bonds is 4. The maximum atomic E-state index is 12.3. The third kappa shape index (κ3) is 2.65. The minimum atomic E-state index is -4.07. The van der Waals surface area contributed by atoms with Crippen LogP contribution in [0.2, 0.25) is 0 Å². The Kier molecular flexibility index (Phi) is 3.66. The number of sulfone groups is 1. The van der Waals surface area contributed by atoms with Gasteiger partial charge in [-0.3, -0.25) is 9.59 Å². The second-order valence-corrected chi connectivity index (χ2v) is 6.53. The van der Waals surface area contributed by atoms with Gasteiger partial charge in [0.2, 0.25) is 9.84 Å². The lowest BCUT2D eigenvalue weighted by Gasteiger charge is -2.18. The summed E-state index contributed by atoms with van der Waals surface area (Å²) in [5.74, 6) is -2.19. The van der Waals surface area contributed by atoms with Crippen LogP contribution in [0, 0.1) is 5.92 Å². The number of nitrogens with zero attached hydrogens (tertiary/aromatic N) is 1. The predicted octanol–water partition coefficient (Wildman–Crippen LogP) is 0.678. The molecule has 1 fully saturated rings. The van der Waals surface area contributed by atoms with Crippen molar-refractivity contribution in [2.24, 2.45) is 5.92 Å². The van der Waals surface area contributed by atoms with Crippen molar-refractivity contribution in [1.82, 2.24) is 4.98 Å². The first-order valence-electron chi connectivity index (χ1n) is 5.82. The van der Waals surface area contributed by atoms with Crippen LogP contribution in [-0.2, 0) is 19.4 Å². The highest BCUT2D eigenvalue weighted by molar-refractivity contribution is 7.92. The number of hydrogen-bond donors (Lipinski definition) is 1. The molecule has 0 spiro atoms. The number of carbonyl (C=O) groups is 2. The maximum Gasteiger partial charge on any atom is 0.322 e. The molecule has 0 aliphatic heterocycles. The molecule has 1 saturated carbocycles. The number of aromatic nitrogens is 1. The molecular weight excluding hydrogens is 270 g/mol. The van der Waals surface area contributed by atoms with Crippen LogP contribution in [0.15, 0.2) is 29.4 Å². The zero-order chi connectivity index (χ0) is 14.0. The molecule has 0 bridgehead atoms. The predicted molar refractivity (Wildman–Crippen MR) is 65.2 cm³/mol. The lowest BCUT2D eigenvalue weighted by Crippen LogP contribution is -2.37. The van der Waals surface area contributed by atoms with Crippen LogP contribution in [0.4, 0.5) is 0 Å². The van der Waals surface area contributed by atoms with Crippen molar-refractivity contribution in [3.05, 3.63) is 24.4 Å². The monoisotopic (exact) mass is 283 g/mol. The Hall–Kier alpha value is -1.76. The molecule has 2 unspecified atom stereocenters. The van der Waals surface area contributed by atoms with Crippen LogP contribution < -0.4 is 0 Å². The highest BCUT2D eigenvalue weighted by Crippen LogP contribution is 2.31. The van der Waals surface area contributed by atoms with Gasteiger partial charge < -0.3 is 5.11 Å². The molecule has 1 aliphatic rings. The zero-order valence-corrected chi connectivity index (χ0v) is 10.8. The van der Waals surface area contributed by atoms with Gasteiger partial charge in [-0.25, -0.2) is 13.4 Å². The molecule has 1 N–H and O–H groups in total. The molecule has 1 heterocycles. The Labute approximate surface area is 110 Å². The molecule has 1 aliphatic carbocycles. The Bertz CT molecular complexity index is 596. The summed E-state index contributed by atoms with van der Waals surface area (Å²) in [7, 11) is -4.07. The number of pyridine rings is 1. The number of carboxylic acids is 1. The fraction of sp³-hybridized carbons (Fsp3) is 0.417. The van der Waals surface area contributed by atoms with E-state index in [9.17, 15) is 23.1 Å². The Balaban J connectivity index is 2.40. The lowest BCUT2D eigenvalue weighted by molar-refractivity contribution is -0.137. The molecule has 0 saturated heterocycles. The summed E-state index contributed by atoms with van der Waals surface area (Å²) in [5.41, 5.74) is 0. The van der Waals surface area contributed by atoms with Gasteiger partial charge in [-0.1, -0.05) is 6.07 Å². The molecule has 1 aromatic heterocycles. The quantitative estimate of drug-likeness (QED) is 0.871. The molecule has 19 heavy (non-hydrogen) atoms. The van der Waals surface area contributed by atoms with Crippen LogP contribution in [0.25, 0.3) is 0 Å². The molecule has 6 nitrogen and oxygen atoms in total. The van der Waals surface area contributed by atoms with Crippen LogP contribution in [-0.4, -0.2) is 35.5 Å². The van der Waals surface area contributed by atoms with E-state index in [-0.39, 0.29) is 23.7 Å². The third-order valence-electron chi connectivity index (χ3n) is 3.22. The SMILES string of the molecule is O=C1CCC(C(C(=O)O)S(=O)(=O)c2ccccn2)C1. The van der Waals surface area contributed by atoms with Crippen LogP contribution in [0.5, 0.6) is 0 Å². The molecule has 0 radical (unpaired) electrons. The highest BCUT2D eigenvalue weighted by Gasteiger charge is 2.44. The Morgan fingerprint density at radius 2 is 2.16 bits per heavy atom. The fourth-order valence-electron chi connectivity index (χ4n) is 2.33. The first kappa shape index (κ1) is 13.7. The topological polar surface area (TPSA) is 101 Å². The van der Waals surface area contributed by atoms with Crippen LogP contribution in [0.3, 0.4) is 0 Å². The minimum Gasteiger partial charge on any atom is -0.480 e. The van der Waals surface area contributed by atoms with Gasteiger partial charge in [-0.2, -0.15) is 0 Å². The largest absolute Gasteiger partial charge is 0.480 e. The molecule has 7 heteroatoms. The smallest absolute Gasteiger partial charge is 0.322 e. The van der Waals surface area contributed by atoms with Crippen molar-refractivity contribution in [3.8, 4) is 0 Å². The van der Waals surface area contributed by atoms with E-state index in [1.807, 2.05) is 0 Å². The fourth-order valence-corrected chi connectivity index (χ4v) is 4.08. The first-order chi connectivity index (χ1) is 8.93. The van der Waals surface area contributed by atoms with Crippen molar-refractivity contribution in [2.45, 2.75) is 29.5 Å². The van der Waals surface area contributed by atoms with Crippen molar-refractivity contribution < 1.29 is 23.1 Å². The van der Waals surface area contributed by atoms with E-state index >= 15 is 0 Å². The van der Waals surface area contributed by atoms with Crippen molar-refractivity contribution in [1.29, 1.82) is 0 Å². The Morgan fingerprint density at radius 3 is 2.63 bits per heavy atom. The summed E-state index contributed by atoms with van der Waals surface area (Å²) in [4.78, 5) is 26.2. The van der Waals surface area contributed by atoms with Crippen LogP contribution in [0.1, 0.15) is 19.3 Å². The lowest BCUT2D eigenvalue weighted by atomic mass is 10.0. The summed E-state index contributed by atoms with van der Waals surface area (Å²) in [6, 6.07) is 4.30. The van der Waals surface area contributed by atoms with E-state index in [1.54, 1.807) is 6.07 Å². The molecule has 0 aromatic carbocycles. The normalized spacial score (nSPS) is 21.3. The van der Waals surface area contributed by atoms with Gasteiger partial charge in [0.05, 0.1) is 0 Å². The summed E-state index contributed by atoms with van der Waals surface area (Å²) in [6.45, 7) is 0. The van der Waals surface area contributed by atoms with Gasteiger partial charge in [-0.15, -0.1) is 0 Å². The van der Waals surface area contributed by atoms with E-state index < -0.39 is 27.0 Å². The number of ketones is 1. The maximum absolute atomic E-state index is 12.3. The molecule has 102 valence electrons. The van der Waals surface area contributed by atoms with E-state index in [1.165, 1.54) is 18.3 Å². The number of carbonyl (C=O) groups excluding carboxylic acids is 1.